The zero-order valence-electron chi connectivity index (χ0n) is 7.26. The van der Waals surface area contributed by atoms with E-state index in [-0.39, 0.29) is 26.4 Å². The van der Waals surface area contributed by atoms with Gasteiger partial charge in [0.25, 0.3) is 12.5 Å². The third-order valence-electron chi connectivity index (χ3n) is 0.940. The Morgan fingerprint density at radius 1 is 0.929 bits per heavy atom. The first kappa shape index (κ1) is 11.8. The lowest BCUT2D eigenvalue weighted by atomic mass is 10.8. The molecule has 0 spiro atoms. The summed E-state index contributed by atoms with van der Waals surface area (Å²) in [6.07, 6.45) is 1.93. The SMILES string of the molecule is N#COCCOC(=O)OCCOC#N. The van der Waals surface area contributed by atoms with Gasteiger partial charge in [-0.3, -0.25) is 0 Å². The van der Waals surface area contributed by atoms with Gasteiger partial charge < -0.3 is 18.9 Å². The van der Waals surface area contributed by atoms with Gasteiger partial charge in [0.05, 0.1) is 0 Å². The molecular weight excluding hydrogens is 192 g/mol. The summed E-state index contributed by atoms with van der Waals surface area (Å²) in [5.41, 5.74) is 0. The van der Waals surface area contributed by atoms with Crippen molar-refractivity contribution in [2.45, 2.75) is 0 Å². The Kier molecular flexibility index (Phi) is 7.57. The number of nitrogens with zero attached hydrogens (tertiary/aromatic N) is 2. The van der Waals surface area contributed by atoms with Crippen molar-refractivity contribution in [3.63, 3.8) is 0 Å². The van der Waals surface area contributed by atoms with Crippen LogP contribution < -0.4 is 0 Å². The second-order valence-corrected chi connectivity index (χ2v) is 1.83. The topological polar surface area (TPSA) is 102 Å². The standard InChI is InChI=1S/C7H8N2O5/c8-5-11-1-3-13-7(10)14-4-2-12-6-9/h1-4H2. The van der Waals surface area contributed by atoms with E-state index in [1.165, 1.54) is 12.5 Å². The third-order valence-corrected chi connectivity index (χ3v) is 0.940. The van der Waals surface area contributed by atoms with Crippen LogP contribution in [0.3, 0.4) is 0 Å². The summed E-state index contributed by atoms with van der Waals surface area (Å²) in [4.78, 5) is 10.6. The van der Waals surface area contributed by atoms with Crippen LogP contribution >= 0.6 is 0 Å². The van der Waals surface area contributed by atoms with Crippen molar-refractivity contribution in [3.8, 4) is 12.5 Å². The monoisotopic (exact) mass is 200 g/mol. The predicted octanol–water partition coefficient (Wildman–Crippen LogP) is 0.135. The van der Waals surface area contributed by atoms with Crippen LogP contribution in [-0.4, -0.2) is 32.6 Å². The highest BCUT2D eigenvalue weighted by Crippen LogP contribution is 1.86. The van der Waals surface area contributed by atoms with Crippen molar-refractivity contribution in [2.24, 2.45) is 0 Å². The molecule has 0 rings (SSSR count). The van der Waals surface area contributed by atoms with Crippen molar-refractivity contribution < 1.29 is 23.7 Å². The number of hydrogen-bond acceptors (Lipinski definition) is 7. The van der Waals surface area contributed by atoms with Crippen LogP contribution in [0.2, 0.25) is 0 Å². The molecule has 7 heteroatoms. The van der Waals surface area contributed by atoms with Crippen LogP contribution in [0.15, 0.2) is 0 Å². The lowest BCUT2D eigenvalue weighted by molar-refractivity contribution is 0.0329. The molecule has 0 aliphatic heterocycles. The zero-order chi connectivity index (χ0) is 10.6. The number of hydrogen-bond donors (Lipinski definition) is 0. The molecule has 0 aromatic carbocycles. The minimum absolute atomic E-state index is 0.0136. The van der Waals surface area contributed by atoms with E-state index >= 15 is 0 Å². The summed E-state index contributed by atoms with van der Waals surface area (Å²) in [6.45, 7) is -0.155. The number of rotatable bonds is 6. The molecule has 0 saturated heterocycles. The summed E-state index contributed by atoms with van der Waals surface area (Å²) in [5.74, 6) is 0. The van der Waals surface area contributed by atoms with E-state index in [2.05, 4.69) is 18.9 Å². The molecule has 0 radical (unpaired) electrons. The van der Waals surface area contributed by atoms with E-state index in [0.717, 1.165) is 0 Å². The van der Waals surface area contributed by atoms with Crippen LogP contribution in [0.25, 0.3) is 0 Å². The largest absolute Gasteiger partial charge is 0.508 e. The summed E-state index contributed by atoms with van der Waals surface area (Å²) >= 11 is 0. The molecule has 7 nitrogen and oxygen atoms in total. The Labute approximate surface area is 80.3 Å². The molecule has 0 aromatic rings. The molecule has 0 unspecified atom stereocenters. The second kappa shape index (κ2) is 8.94. The van der Waals surface area contributed by atoms with Crippen molar-refractivity contribution in [3.05, 3.63) is 0 Å². The van der Waals surface area contributed by atoms with Gasteiger partial charge in [0.15, 0.2) is 0 Å². The molecule has 0 atom stereocenters. The molecule has 0 aliphatic carbocycles. The molecule has 0 saturated carbocycles. The van der Waals surface area contributed by atoms with Crippen molar-refractivity contribution in [2.75, 3.05) is 26.4 Å². The highest BCUT2D eigenvalue weighted by atomic mass is 16.7. The summed E-state index contributed by atoms with van der Waals surface area (Å²) < 4.78 is 17.4. The number of carbonyl (C=O) groups is 1. The Balaban J connectivity index is 3.21. The molecule has 0 N–H and O–H groups in total. The fourth-order valence-electron chi connectivity index (χ4n) is 0.466. The predicted molar refractivity (Wildman–Crippen MR) is 40.4 cm³/mol. The van der Waals surface area contributed by atoms with Crippen molar-refractivity contribution in [1.82, 2.24) is 0 Å². The molecule has 0 aromatic heterocycles. The Morgan fingerprint density at radius 3 is 1.71 bits per heavy atom. The Hall–Kier alpha value is -2.15. The quantitative estimate of drug-likeness (QED) is 0.341. The smallest absolute Gasteiger partial charge is 0.431 e. The van der Waals surface area contributed by atoms with Gasteiger partial charge in [-0.25, -0.2) is 4.79 Å². The van der Waals surface area contributed by atoms with Crippen LogP contribution in [0.4, 0.5) is 4.79 Å². The van der Waals surface area contributed by atoms with Crippen LogP contribution in [0, 0.1) is 23.0 Å². The van der Waals surface area contributed by atoms with Gasteiger partial charge in [-0.15, -0.1) is 0 Å². The first-order valence-electron chi connectivity index (χ1n) is 3.62. The Morgan fingerprint density at radius 2 is 1.36 bits per heavy atom. The lowest BCUT2D eigenvalue weighted by Gasteiger charge is -2.03. The minimum Gasteiger partial charge on any atom is -0.431 e. The first-order chi connectivity index (χ1) is 6.81. The number of nitriles is 2. The molecule has 0 aliphatic rings. The molecular formula is C7H8N2O5. The van der Waals surface area contributed by atoms with Gasteiger partial charge in [0.2, 0.25) is 0 Å². The maximum atomic E-state index is 10.6. The van der Waals surface area contributed by atoms with Gasteiger partial charge in [0, 0.05) is 0 Å². The fraction of sp³-hybridized carbons (Fsp3) is 0.571. The van der Waals surface area contributed by atoms with Gasteiger partial charge in [-0.05, 0) is 0 Å². The molecule has 0 fully saturated rings. The minimum atomic E-state index is -0.895. The normalized spacial score (nSPS) is 7.86. The maximum absolute atomic E-state index is 10.6. The van der Waals surface area contributed by atoms with E-state index in [4.69, 9.17) is 10.5 Å². The maximum Gasteiger partial charge on any atom is 0.508 e. The highest BCUT2D eigenvalue weighted by Gasteiger charge is 2.02. The van der Waals surface area contributed by atoms with Crippen LogP contribution in [-0.2, 0) is 18.9 Å². The molecule has 76 valence electrons. The highest BCUT2D eigenvalue weighted by molar-refractivity contribution is 5.59. The third kappa shape index (κ3) is 7.95. The summed E-state index contributed by atoms with van der Waals surface area (Å²) in [6, 6.07) is 0. The van der Waals surface area contributed by atoms with Gasteiger partial charge in [0.1, 0.15) is 26.4 Å². The van der Waals surface area contributed by atoms with Crippen molar-refractivity contribution >= 4 is 6.16 Å². The fourth-order valence-corrected chi connectivity index (χ4v) is 0.466. The van der Waals surface area contributed by atoms with Gasteiger partial charge in [-0.1, -0.05) is 0 Å². The molecule has 0 amide bonds. The van der Waals surface area contributed by atoms with Gasteiger partial charge in [-0.2, -0.15) is 10.5 Å². The van der Waals surface area contributed by atoms with E-state index in [1.807, 2.05) is 0 Å². The molecule has 0 bridgehead atoms. The average Bonchev–Trinajstić information content (AvgIpc) is 2.19. The average molecular weight is 200 g/mol. The van der Waals surface area contributed by atoms with Gasteiger partial charge >= 0.3 is 6.16 Å². The van der Waals surface area contributed by atoms with E-state index < -0.39 is 6.16 Å². The van der Waals surface area contributed by atoms with Crippen molar-refractivity contribution in [1.29, 1.82) is 10.5 Å². The summed E-state index contributed by atoms with van der Waals surface area (Å²) in [7, 11) is 0. The molecule has 0 heterocycles. The number of carbonyl (C=O) groups excluding carboxylic acids is 1. The van der Waals surface area contributed by atoms with E-state index in [9.17, 15) is 4.79 Å². The zero-order valence-corrected chi connectivity index (χ0v) is 7.26. The van der Waals surface area contributed by atoms with E-state index in [0.29, 0.717) is 0 Å². The van der Waals surface area contributed by atoms with Crippen LogP contribution in [0.1, 0.15) is 0 Å². The second-order valence-electron chi connectivity index (χ2n) is 1.83. The van der Waals surface area contributed by atoms with Crippen LogP contribution in [0.5, 0.6) is 0 Å². The van der Waals surface area contributed by atoms with E-state index in [1.54, 1.807) is 0 Å². The summed E-state index contributed by atoms with van der Waals surface area (Å²) in [5, 5.41) is 15.9. The molecule has 14 heavy (non-hydrogen) atoms. The number of ether oxygens (including phenoxy) is 4. The first-order valence-corrected chi connectivity index (χ1v) is 3.62. The Bertz CT molecular complexity index is 217. The lowest BCUT2D eigenvalue weighted by Crippen LogP contribution is -2.13.